The summed E-state index contributed by atoms with van der Waals surface area (Å²) in [7, 11) is 1.80. The smallest absolute Gasteiger partial charge is 0.194 e. The van der Waals surface area contributed by atoms with Gasteiger partial charge in [-0.2, -0.15) is 0 Å². The van der Waals surface area contributed by atoms with E-state index in [0.29, 0.717) is 13.2 Å². The van der Waals surface area contributed by atoms with Gasteiger partial charge in [0.15, 0.2) is 11.7 Å². The van der Waals surface area contributed by atoms with Crippen molar-refractivity contribution in [3.05, 3.63) is 42.1 Å². The second-order valence-electron chi connectivity index (χ2n) is 6.86. The fourth-order valence-corrected chi connectivity index (χ4v) is 3.62. The summed E-state index contributed by atoms with van der Waals surface area (Å²) in [6.45, 7) is 3.70. The number of hydrogen-bond acceptors (Lipinski definition) is 5. The van der Waals surface area contributed by atoms with E-state index in [9.17, 15) is 0 Å². The average molecular weight is 498 g/mol. The molecule has 4 rings (SSSR count). The van der Waals surface area contributed by atoms with E-state index in [-0.39, 0.29) is 36.2 Å². The zero-order chi connectivity index (χ0) is 18.5. The predicted octanol–water partition coefficient (Wildman–Crippen LogP) is 2.91. The summed E-state index contributed by atoms with van der Waals surface area (Å²) in [5.74, 6) is 1.62. The van der Waals surface area contributed by atoms with Crippen LogP contribution in [0.1, 0.15) is 18.5 Å². The first-order valence-electron chi connectivity index (χ1n) is 9.53. The molecule has 2 unspecified atom stereocenters. The van der Waals surface area contributed by atoms with E-state index in [4.69, 9.17) is 14.0 Å². The van der Waals surface area contributed by atoms with Gasteiger partial charge in [0.1, 0.15) is 11.8 Å². The van der Waals surface area contributed by atoms with E-state index in [1.807, 2.05) is 36.4 Å². The van der Waals surface area contributed by atoms with E-state index >= 15 is 0 Å². The highest BCUT2D eigenvalue weighted by Crippen LogP contribution is 2.22. The molecule has 152 valence electrons. The molecule has 8 heteroatoms. The second kappa shape index (κ2) is 10.2. The van der Waals surface area contributed by atoms with Crippen LogP contribution in [-0.2, 0) is 16.0 Å². The molecule has 0 spiro atoms. The monoisotopic (exact) mass is 498 g/mol. The third-order valence-corrected chi connectivity index (χ3v) is 5.03. The first-order valence-corrected chi connectivity index (χ1v) is 9.53. The van der Waals surface area contributed by atoms with Crippen LogP contribution in [0.5, 0.6) is 0 Å². The van der Waals surface area contributed by atoms with Crippen molar-refractivity contribution in [1.82, 2.24) is 15.4 Å². The molecule has 1 aromatic carbocycles. The van der Waals surface area contributed by atoms with Crippen molar-refractivity contribution in [3.63, 3.8) is 0 Å². The summed E-state index contributed by atoms with van der Waals surface area (Å²) in [4.78, 5) is 6.66. The van der Waals surface area contributed by atoms with Crippen molar-refractivity contribution < 1.29 is 14.0 Å². The summed E-state index contributed by atoms with van der Waals surface area (Å²) < 4.78 is 17.2. The van der Waals surface area contributed by atoms with Crippen LogP contribution in [0.2, 0.25) is 0 Å². The average Bonchev–Trinajstić information content (AvgIpc) is 3.42. The molecule has 2 fully saturated rings. The Bertz CT molecular complexity index is 762. The van der Waals surface area contributed by atoms with Gasteiger partial charge < -0.3 is 24.2 Å². The highest BCUT2D eigenvalue weighted by molar-refractivity contribution is 14.0. The molecule has 1 N–H and O–H groups in total. The van der Waals surface area contributed by atoms with Crippen molar-refractivity contribution in [2.75, 3.05) is 33.4 Å². The van der Waals surface area contributed by atoms with Gasteiger partial charge in [-0.3, -0.25) is 4.99 Å². The number of morpholine rings is 1. The molecule has 1 aromatic heterocycles. The minimum Gasteiger partial charge on any atom is -0.375 e. The molecule has 0 aliphatic carbocycles. The molecule has 7 nitrogen and oxygen atoms in total. The van der Waals surface area contributed by atoms with Gasteiger partial charge in [0.25, 0.3) is 0 Å². The summed E-state index contributed by atoms with van der Waals surface area (Å²) in [6.07, 6.45) is 2.51. The SMILES string of the molecule is CN=C(NCc1cc(-c2ccccc2)on1)N1CCOC(C2CCCO2)C1.I. The maximum absolute atomic E-state index is 5.93. The number of rotatable bonds is 4. The molecule has 2 saturated heterocycles. The number of aromatic nitrogens is 1. The Kier molecular flexibility index (Phi) is 7.69. The van der Waals surface area contributed by atoms with Gasteiger partial charge in [-0.1, -0.05) is 35.5 Å². The molecule has 0 amide bonds. The van der Waals surface area contributed by atoms with E-state index in [0.717, 1.165) is 55.5 Å². The number of hydrogen-bond donors (Lipinski definition) is 1. The van der Waals surface area contributed by atoms with Gasteiger partial charge >= 0.3 is 0 Å². The summed E-state index contributed by atoms with van der Waals surface area (Å²) in [6, 6.07) is 11.9. The number of guanidine groups is 1. The van der Waals surface area contributed by atoms with Crippen LogP contribution in [-0.4, -0.2) is 61.6 Å². The Morgan fingerprint density at radius 2 is 2.04 bits per heavy atom. The van der Waals surface area contributed by atoms with Crippen molar-refractivity contribution in [1.29, 1.82) is 0 Å². The van der Waals surface area contributed by atoms with Crippen LogP contribution < -0.4 is 5.32 Å². The Morgan fingerprint density at radius 1 is 1.21 bits per heavy atom. The topological polar surface area (TPSA) is 72.1 Å². The maximum Gasteiger partial charge on any atom is 0.194 e. The highest BCUT2D eigenvalue weighted by atomic mass is 127. The van der Waals surface area contributed by atoms with Crippen LogP contribution in [0, 0.1) is 0 Å². The highest BCUT2D eigenvalue weighted by Gasteiger charge is 2.32. The lowest BCUT2D eigenvalue weighted by molar-refractivity contribution is -0.0817. The largest absolute Gasteiger partial charge is 0.375 e. The Labute approximate surface area is 182 Å². The van der Waals surface area contributed by atoms with Gasteiger partial charge in [-0.25, -0.2) is 0 Å². The molecule has 2 aromatic rings. The number of ether oxygens (including phenoxy) is 2. The Balaban J connectivity index is 0.00000225. The molecule has 2 atom stereocenters. The number of benzene rings is 1. The van der Waals surface area contributed by atoms with E-state index in [1.165, 1.54) is 0 Å². The van der Waals surface area contributed by atoms with Crippen molar-refractivity contribution in [2.45, 2.75) is 31.6 Å². The second-order valence-corrected chi connectivity index (χ2v) is 6.86. The van der Waals surface area contributed by atoms with Crippen LogP contribution in [0.15, 0.2) is 45.9 Å². The van der Waals surface area contributed by atoms with Crippen LogP contribution in [0.25, 0.3) is 11.3 Å². The molecule has 0 bridgehead atoms. The van der Waals surface area contributed by atoms with Gasteiger partial charge in [0.2, 0.25) is 0 Å². The quantitative estimate of drug-likeness (QED) is 0.397. The molecule has 3 heterocycles. The lowest BCUT2D eigenvalue weighted by Gasteiger charge is -2.37. The van der Waals surface area contributed by atoms with Gasteiger partial charge in [0.05, 0.1) is 19.3 Å². The third kappa shape index (κ3) is 5.03. The molecule has 0 radical (unpaired) electrons. The number of aliphatic imine (C=N–C) groups is 1. The van der Waals surface area contributed by atoms with E-state index in [1.54, 1.807) is 7.05 Å². The zero-order valence-corrected chi connectivity index (χ0v) is 18.4. The van der Waals surface area contributed by atoms with Crippen LogP contribution >= 0.6 is 24.0 Å². The van der Waals surface area contributed by atoms with Crippen LogP contribution in [0.4, 0.5) is 0 Å². The van der Waals surface area contributed by atoms with Crippen LogP contribution in [0.3, 0.4) is 0 Å². The normalized spacial score (nSPS) is 22.8. The summed E-state index contributed by atoms with van der Waals surface area (Å²) >= 11 is 0. The Morgan fingerprint density at radius 3 is 2.79 bits per heavy atom. The number of nitrogens with one attached hydrogen (secondary N) is 1. The van der Waals surface area contributed by atoms with Crippen molar-refractivity contribution >= 4 is 29.9 Å². The van der Waals surface area contributed by atoms with Gasteiger partial charge in [-0.05, 0) is 12.8 Å². The minimum absolute atomic E-state index is 0. The van der Waals surface area contributed by atoms with Gasteiger partial charge in [-0.15, -0.1) is 24.0 Å². The fraction of sp³-hybridized carbons (Fsp3) is 0.500. The number of nitrogens with zero attached hydrogens (tertiary/aromatic N) is 3. The standard InChI is InChI=1S/C20H26N4O3.HI/c1-21-20(24-9-11-26-19(14-24)17-8-5-10-25-17)22-13-16-12-18(27-23-16)15-6-3-2-4-7-15;/h2-4,6-7,12,17,19H,5,8-11,13-14H2,1H3,(H,21,22);1H. The molecule has 2 aliphatic heterocycles. The van der Waals surface area contributed by atoms with E-state index < -0.39 is 0 Å². The zero-order valence-electron chi connectivity index (χ0n) is 16.0. The molecule has 28 heavy (non-hydrogen) atoms. The van der Waals surface area contributed by atoms with Gasteiger partial charge in [0, 0.05) is 38.4 Å². The lowest BCUT2D eigenvalue weighted by atomic mass is 10.1. The Hall–Kier alpha value is -1.65. The minimum atomic E-state index is 0. The summed E-state index contributed by atoms with van der Waals surface area (Å²) in [5.41, 5.74) is 1.87. The summed E-state index contributed by atoms with van der Waals surface area (Å²) in [5, 5.41) is 7.55. The third-order valence-electron chi connectivity index (χ3n) is 5.03. The molecule has 0 saturated carbocycles. The maximum atomic E-state index is 5.93. The predicted molar refractivity (Wildman–Crippen MR) is 118 cm³/mol. The molecule has 2 aliphatic rings. The molecular weight excluding hydrogens is 471 g/mol. The van der Waals surface area contributed by atoms with E-state index in [2.05, 4.69) is 20.4 Å². The molecular formula is C20H27IN4O3. The number of halogens is 1. The first-order chi connectivity index (χ1) is 13.3. The van der Waals surface area contributed by atoms with Crippen molar-refractivity contribution in [3.8, 4) is 11.3 Å². The fourth-order valence-electron chi connectivity index (χ4n) is 3.62. The van der Waals surface area contributed by atoms with Crippen molar-refractivity contribution in [2.24, 2.45) is 4.99 Å². The lowest BCUT2D eigenvalue weighted by Crippen LogP contribution is -2.53. The first kappa shape index (κ1) is 21.1.